The van der Waals surface area contributed by atoms with Gasteiger partial charge in [-0.1, -0.05) is 23.2 Å². The van der Waals surface area contributed by atoms with E-state index in [2.05, 4.69) is 19.4 Å². The Kier molecular flexibility index (Phi) is 3.45. The van der Waals surface area contributed by atoms with Crippen molar-refractivity contribution in [3.63, 3.8) is 0 Å². The quantitative estimate of drug-likeness (QED) is 0.803. The highest BCUT2D eigenvalue weighted by Gasteiger charge is 2.40. The van der Waals surface area contributed by atoms with Crippen LogP contribution >= 0.6 is 23.2 Å². The van der Waals surface area contributed by atoms with Gasteiger partial charge in [-0.15, -0.1) is 0 Å². The number of carboxylic acid groups (broad SMARTS) is 1. The fourth-order valence-corrected chi connectivity index (χ4v) is 3.39. The number of rotatable bonds is 4. The molecule has 3 rings (SSSR count). The summed E-state index contributed by atoms with van der Waals surface area (Å²) in [6.07, 6.45) is -0.00197. The summed E-state index contributed by atoms with van der Waals surface area (Å²) in [5.74, 6) is -0.864. The van der Waals surface area contributed by atoms with E-state index in [0.717, 1.165) is 11.4 Å². The monoisotopic (exact) mass is 332 g/mol. The number of aliphatic carboxylic acids is 1. The maximum Gasteiger partial charge on any atom is 0.305 e. The SMILES string of the molecule is O=C(O)CC1(Nc2c(Cl)cc(Cl)c3c2N=S=N3)CNC1. The summed E-state index contributed by atoms with van der Waals surface area (Å²) >= 11 is 13.3. The first kappa shape index (κ1) is 13.8. The van der Waals surface area contributed by atoms with Gasteiger partial charge in [-0.2, -0.15) is 8.73 Å². The highest BCUT2D eigenvalue weighted by atomic mass is 35.5. The van der Waals surface area contributed by atoms with Crippen LogP contribution in [-0.4, -0.2) is 29.7 Å². The Labute approximate surface area is 128 Å². The van der Waals surface area contributed by atoms with Crippen molar-refractivity contribution in [2.45, 2.75) is 12.0 Å². The number of halogens is 2. The predicted octanol–water partition coefficient (Wildman–Crippen LogP) is 2.95. The maximum absolute atomic E-state index is 11.0. The highest BCUT2D eigenvalue weighted by Crippen LogP contribution is 2.48. The van der Waals surface area contributed by atoms with Crippen LogP contribution in [0.25, 0.3) is 0 Å². The molecule has 3 N–H and O–H groups in total. The van der Waals surface area contributed by atoms with Crippen molar-refractivity contribution in [1.82, 2.24) is 5.32 Å². The second-order valence-electron chi connectivity index (χ2n) is 4.76. The lowest BCUT2D eigenvalue weighted by Crippen LogP contribution is -2.65. The number of carboxylic acids is 1. The van der Waals surface area contributed by atoms with Gasteiger partial charge in [-0.3, -0.25) is 4.79 Å². The Morgan fingerprint density at radius 2 is 2.10 bits per heavy atom. The minimum atomic E-state index is -0.864. The smallest absolute Gasteiger partial charge is 0.305 e. The van der Waals surface area contributed by atoms with Crippen molar-refractivity contribution >= 4 is 57.6 Å². The van der Waals surface area contributed by atoms with E-state index < -0.39 is 11.5 Å². The van der Waals surface area contributed by atoms with Crippen molar-refractivity contribution in [1.29, 1.82) is 0 Å². The summed E-state index contributed by atoms with van der Waals surface area (Å²) in [5.41, 5.74) is 1.17. The summed E-state index contributed by atoms with van der Waals surface area (Å²) in [6.45, 7) is 1.11. The minimum absolute atomic E-state index is 0.00197. The molecule has 9 heteroatoms. The molecule has 0 atom stereocenters. The molecule has 20 heavy (non-hydrogen) atoms. The molecule has 6 nitrogen and oxygen atoms in total. The van der Waals surface area contributed by atoms with Crippen LogP contribution in [0.4, 0.5) is 17.1 Å². The van der Waals surface area contributed by atoms with Crippen molar-refractivity contribution < 1.29 is 9.90 Å². The van der Waals surface area contributed by atoms with Crippen molar-refractivity contribution in [3.8, 4) is 0 Å². The first-order valence-electron chi connectivity index (χ1n) is 5.82. The van der Waals surface area contributed by atoms with Gasteiger partial charge in [0.1, 0.15) is 11.4 Å². The molecule has 0 radical (unpaired) electrons. The molecular weight excluding hydrogens is 323 g/mol. The number of carbonyl (C=O) groups is 1. The number of benzene rings is 1. The van der Waals surface area contributed by atoms with Crippen molar-refractivity contribution in [3.05, 3.63) is 16.1 Å². The highest BCUT2D eigenvalue weighted by molar-refractivity contribution is 7.58. The Morgan fingerprint density at radius 3 is 2.70 bits per heavy atom. The van der Waals surface area contributed by atoms with Crippen LogP contribution in [0.3, 0.4) is 0 Å². The molecule has 0 aliphatic carbocycles. The van der Waals surface area contributed by atoms with E-state index in [4.69, 9.17) is 28.3 Å². The lowest BCUT2D eigenvalue weighted by Gasteiger charge is -2.43. The van der Waals surface area contributed by atoms with E-state index in [1.807, 2.05) is 0 Å². The zero-order valence-corrected chi connectivity index (χ0v) is 12.4. The van der Waals surface area contributed by atoms with E-state index in [0.29, 0.717) is 40.2 Å². The van der Waals surface area contributed by atoms with Crippen LogP contribution < -0.4 is 10.6 Å². The molecule has 0 saturated carbocycles. The number of anilines is 1. The van der Waals surface area contributed by atoms with Crippen LogP contribution in [0.2, 0.25) is 10.0 Å². The number of hydrogen-bond acceptors (Lipinski definition) is 5. The van der Waals surface area contributed by atoms with Gasteiger partial charge >= 0.3 is 5.97 Å². The molecule has 2 heterocycles. The van der Waals surface area contributed by atoms with Gasteiger partial charge in [0.25, 0.3) is 0 Å². The molecule has 0 aromatic heterocycles. The number of nitrogens with zero attached hydrogens (tertiary/aromatic N) is 2. The van der Waals surface area contributed by atoms with E-state index in [1.165, 1.54) is 0 Å². The van der Waals surface area contributed by atoms with E-state index in [9.17, 15) is 4.79 Å². The van der Waals surface area contributed by atoms with Gasteiger partial charge in [0.2, 0.25) is 0 Å². The normalized spacial score (nSPS) is 18.1. The Hall–Kier alpha value is -1.15. The van der Waals surface area contributed by atoms with Crippen LogP contribution in [-0.2, 0) is 16.1 Å². The van der Waals surface area contributed by atoms with Crippen molar-refractivity contribution in [2.75, 3.05) is 18.4 Å². The molecule has 1 saturated heterocycles. The van der Waals surface area contributed by atoms with Crippen molar-refractivity contribution in [2.24, 2.45) is 8.73 Å². The predicted molar refractivity (Wildman–Crippen MR) is 79.5 cm³/mol. The number of nitrogens with one attached hydrogen (secondary N) is 2. The van der Waals surface area contributed by atoms with Crippen LogP contribution in [0.5, 0.6) is 0 Å². The van der Waals surface area contributed by atoms with Crippen LogP contribution in [0.15, 0.2) is 14.8 Å². The van der Waals surface area contributed by atoms with Gasteiger partial charge in [0.15, 0.2) is 0 Å². The Balaban J connectivity index is 1.98. The molecule has 0 amide bonds. The average Bonchev–Trinajstić information content (AvgIpc) is 2.79. The third-order valence-corrected chi connectivity index (χ3v) is 4.37. The minimum Gasteiger partial charge on any atom is -0.481 e. The lowest BCUT2D eigenvalue weighted by atomic mass is 9.88. The van der Waals surface area contributed by atoms with Gasteiger partial charge in [0, 0.05) is 13.1 Å². The number of fused-ring (bicyclic) bond motifs is 1. The van der Waals surface area contributed by atoms with Crippen LogP contribution in [0.1, 0.15) is 6.42 Å². The molecular formula is C11H10Cl2N4O2S. The van der Waals surface area contributed by atoms with E-state index >= 15 is 0 Å². The van der Waals surface area contributed by atoms with Gasteiger partial charge in [-0.25, -0.2) is 0 Å². The first-order chi connectivity index (χ1) is 9.51. The van der Waals surface area contributed by atoms with Gasteiger partial charge in [0.05, 0.1) is 39.0 Å². The standard InChI is InChI=1S/C11H10Cl2N4O2S/c12-5-1-6(13)9-10(17-20-16-9)8(5)15-11(2-7(18)19)3-14-4-11/h1,14-15H,2-4H2,(H,18,19). The first-order valence-corrected chi connectivity index (χ1v) is 7.30. The molecule has 0 spiro atoms. The molecule has 1 fully saturated rings. The molecule has 2 aliphatic rings. The molecule has 106 valence electrons. The Bertz CT molecular complexity index is 669. The summed E-state index contributed by atoms with van der Waals surface area (Å²) in [4.78, 5) is 11.0. The van der Waals surface area contributed by atoms with Crippen LogP contribution in [0, 0.1) is 0 Å². The zero-order chi connectivity index (χ0) is 14.3. The van der Waals surface area contributed by atoms with E-state index in [-0.39, 0.29) is 6.42 Å². The summed E-state index contributed by atoms with van der Waals surface area (Å²) in [6, 6.07) is 1.59. The third-order valence-electron chi connectivity index (χ3n) is 3.25. The second kappa shape index (κ2) is 5.00. The Morgan fingerprint density at radius 1 is 1.40 bits per heavy atom. The summed E-state index contributed by atoms with van der Waals surface area (Å²) in [7, 11) is 0. The number of hydrogen-bond donors (Lipinski definition) is 3. The summed E-state index contributed by atoms with van der Waals surface area (Å²) in [5, 5.41) is 16.2. The maximum atomic E-state index is 11.0. The van der Waals surface area contributed by atoms with Gasteiger partial charge in [-0.05, 0) is 6.07 Å². The molecule has 0 unspecified atom stereocenters. The fraction of sp³-hybridized carbons (Fsp3) is 0.364. The molecule has 2 aliphatic heterocycles. The van der Waals surface area contributed by atoms with Gasteiger partial charge < -0.3 is 15.7 Å². The molecule has 0 bridgehead atoms. The fourth-order valence-electron chi connectivity index (χ4n) is 2.23. The zero-order valence-electron chi connectivity index (χ0n) is 10.1. The molecule has 1 aromatic carbocycles. The second-order valence-corrected chi connectivity index (χ2v) is 6.10. The lowest BCUT2D eigenvalue weighted by molar-refractivity contribution is -0.138. The third kappa shape index (κ3) is 2.31. The molecule has 1 aromatic rings. The summed E-state index contributed by atoms with van der Waals surface area (Å²) < 4.78 is 8.32. The van der Waals surface area contributed by atoms with E-state index in [1.54, 1.807) is 6.07 Å². The topological polar surface area (TPSA) is 86.1 Å². The average molecular weight is 333 g/mol. The largest absolute Gasteiger partial charge is 0.481 e.